The molecule has 7 nitrogen and oxygen atoms in total. The third kappa shape index (κ3) is 6.39. The lowest BCUT2D eigenvalue weighted by atomic mass is 9.78. The molecule has 1 saturated carbocycles. The minimum atomic E-state index is -0.145. The van der Waals surface area contributed by atoms with Crippen LogP contribution in [0, 0.1) is 11.8 Å². The van der Waals surface area contributed by atoms with Gasteiger partial charge in [0.1, 0.15) is 0 Å². The number of aryl methyl sites for hydroxylation is 1. The van der Waals surface area contributed by atoms with Gasteiger partial charge in [-0.05, 0) is 54.6 Å². The summed E-state index contributed by atoms with van der Waals surface area (Å²) in [6.07, 6.45) is 4.39. The lowest BCUT2D eigenvalue weighted by Gasteiger charge is -2.35. The van der Waals surface area contributed by atoms with Crippen LogP contribution in [0.25, 0.3) is 0 Å². The van der Waals surface area contributed by atoms with Crippen LogP contribution in [0.1, 0.15) is 45.1 Å². The maximum Gasteiger partial charge on any atom is 0.238 e. The number of carbonyl (C=O) groups excluding carboxylic acids is 1. The van der Waals surface area contributed by atoms with Crippen LogP contribution < -0.4 is 30.4 Å². The van der Waals surface area contributed by atoms with E-state index < -0.39 is 0 Å². The van der Waals surface area contributed by atoms with Gasteiger partial charge in [-0.3, -0.25) is 15.6 Å². The first-order valence-electron chi connectivity index (χ1n) is 10.0. The molecule has 1 fully saturated rings. The molecule has 0 radical (unpaired) electrons. The maximum absolute atomic E-state index is 12.2. The number of hydrogen-bond donors (Lipinski definition) is 3. The highest BCUT2D eigenvalue weighted by Gasteiger charge is 2.27. The molecule has 1 aromatic rings. The molecular weight excluding hydrogens is 390 g/mol. The minimum absolute atomic E-state index is 0.145. The van der Waals surface area contributed by atoms with E-state index in [0.29, 0.717) is 53.1 Å². The van der Waals surface area contributed by atoms with Crippen molar-refractivity contribution >= 4 is 23.2 Å². The van der Waals surface area contributed by atoms with Gasteiger partial charge in [0.05, 0.1) is 21.3 Å². The predicted octanol–water partition coefficient (Wildman–Crippen LogP) is 2.97. The van der Waals surface area contributed by atoms with Gasteiger partial charge in [0.15, 0.2) is 16.6 Å². The van der Waals surface area contributed by atoms with Gasteiger partial charge in [-0.25, -0.2) is 0 Å². The predicted molar refractivity (Wildman–Crippen MR) is 117 cm³/mol. The SMILES string of the molecule is COc1cc(CCC(=O)NNC(=S)N[C@@H]2CCC[C@@H](C)[C@H]2C)cc(OC)c1OC. The van der Waals surface area contributed by atoms with E-state index >= 15 is 0 Å². The minimum Gasteiger partial charge on any atom is -0.493 e. The molecule has 0 spiro atoms. The fourth-order valence-electron chi connectivity index (χ4n) is 3.72. The lowest BCUT2D eigenvalue weighted by Crippen LogP contribution is -2.52. The Bertz CT molecular complexity index is 688. The lowest BCUT2D eigenvalue weighted by molar-refractivity contribution is -0.121. The molecule has 0 bridgehead atoms. The number of nitrogens with one attached hydrogen (secondary N) is 3. The summed E-state index contributed by atoms with van der Waals surface area (Å²) < 4.78 is 16.0. The Balaban J connectivity index is 1.82. The number of rotatable bonds is 7. The molecule has 3 atom stereocenters. The topological polar surface area (TPSA) is 80.9 Å². The molecule has 0 aromatic heterocycles. The van der Waals surface area contributed by atoms with E-state index in [0.717, 1.165) is 12.0 Å². The van der Waals surface area contributed by atoms with Crippen LogP contribution >= 0.6 is 12.2 Å². The highest BCUT2D eigenvalue weighted by atomic mass is 32.1. The highest BCUT2D eigenvalue weighted by Crippen LogP contribution is 2.38. The van der Waals surface area contributed by atoms with Crippen molar-refractivity contribution < 1.29 is 19.0 Å². The van der Waals surface area contributed by atoms with Gasteiger partial charge in [-0.1, -0.05) is 26.7 Å². The van der Waals surface area contributed by atoms with Crippen LogP contribution in [-0.4, -0.2) is 38.4 Å². The van der Waals surface area contributed by atoms with Crippen LogP contribution in [0.3, 0.4) is 0 Å². The molecule has 0 saturated heterocycles. The Morgan fingerprint density at radius 3 is 2.31 bits per heavy atom. The molecule has 1 amide bonds. The zero-order valence-electron chi connectivity index (χ0n) is 18.0. The van der Waals surface area contributed by atoms with E-state index in [1.165, 1.54) is 12.8 Å². The number of methoxy groups -OCH3 is 3. The summed E-state index contributed by atoms with van der Waals surface area (Å²) in [5, 5.41) is 3.79. The van der Waals surface area contributed by atoms with Gasteiger partial charge in [0.2, 0.25) is 11.7 Å². The molecule has 0 unspecified atom stereocenters. The van der Waals surface area contributed by atoms with E-state index in [1.807, 2.05) is 12.1 Å². The summed E-state index contributed by atoms with van der Waals surface area (Å²) in [4.78, 5) is 12.2. The zero-order chi connectivity index (χ0) is 21.4. The van der Waals surface area contributed by atoms with Crippen molar-refractivity contribution in [3.8, 4) is 17.2 Å². The Kier molecular flexibility index (Phi) is 8.82. The molecule has 8 heteroatoms. The number of thiocarbonyl (C=S) groups is 1. The van der Waals surface area contributed by atoms with E-state index in [4.69, 9.17) is 26.4 Å². The second-order valence-corrected chi connectivity index (χ2v) is 7.96. The van der Waals surface area contributed by atoms with Gasteiger partial charge in [-0.15, -0.1) is 0 Å². The van der Waals surface area contributed by atoms with E-state index in [-0.39, 0.29) is 5.91 Å². The number of carbonyl (C=O) groups is 1. The molecule has 1 aliphatic rings. The van der Waals surface area contributed by atoms with Crippen molar-refractivity contribution in [2.75, 3.05) is 21.3 Å². The standard InChI is InChI=1S/C21H33N3O4S/c1-13-7-6-8-16(14(13)2)22-21(29)24-23-19(25)10-9-15-11-17(26-3)20(28-5)18(12-15)27-4/h11-14,16H,6-10H2,1-5H3,(H,23,25)(H2,22,24,29)/t13-,14-,16-/m1/s1. The Labute approximate surface area is 178 Å². The zero-order valence-corrected chi connectivity index (χ0v) is 18.8. The normalized spacial score (nSPS) is 21.1. The van der Waals surface area contributed by atoms with E-state index in [2.05, 4.69) is 30.0 Å². The quantitative estimate of drug-likeness (QED) is 0.459. The molecule has 2 rings (SSSR count). The Hall–Kier alpha value is -2.22. The Morgan fingerprint density at radius 2 is 1.72 bits per heavy atom. The fourth-order valence-corrected chi connectivity index (χ4v) is 3.92. The summed E-state index contributed by atoms with van der Waals surface area (Å²) in [5.41, 5.74) is 6.40. The molecule has 3 N–H and O–H groups in total. The summed E-state index contributed by atoms with van der Waals surface area (Å²) in [6.45, 7) is 4.53. The van der Waals surface area contributed by atoms with Crippen LogP contribution in [0.5, 0.6) is 17.2 Å². The first-order chi connectivity index (χ1) is 13.9. The smallest absolute Gasteiger partial charge is 0.238 e. The molecular formula is C21H33N3O4S. The maximum atomic E-state index is 12.2. The molecule has 29 heavy (non-hydrogen) atoms. The van der Waals surface area contributed by atoms with Gasteiger partial charge in [0.25, 0.3) is 0 Å². The van der Waals surface area contributed by atoms with Gasteiger partial charge in [0, 0.05) is 12.5 Å². The van der Waals surface area contributed by atoms with Crippen molar-refractivity contribution in [1.29, 1.82) is 0 Å². The molecule has 1 aromatic carbocycles. The van der Waals surface area contributed by atoms with Crippen molar-refractivity contribution in [1.82, 2.24) is 16.2 Å². The third-order valence-electron chi connectivity index (χ3n) is 5.70. The summed E-state index contributed by atoms with van der Waals surface area (Å²) in [6, 6.07) is 4.04. The van der Waals surface area contributed by atoms with Crippen LogP contribution in [-0.2, 0) is 11.2 Å². The van der Waals surface area contributed by atoms with E-state index in [1.54, 1.807) is 21.3 Å². The van der Waals surface area contributed by atoms with Crippen molar-refractivity contribution in [2.24, 2.45) is 11.8 Å². The number of ether oxygens (including phenoxy) is 3. The Morgan fingerprint density at radius 1 is 1.07 bits per heavy atom. The van der Waals surface area contributed by atoms with Gasteiger partial charge in [-0.2, -0.15) is 0 Å². The van der Waals surface area contributed by atoms with Crippen molar-refractivity contribution in [2.45, 2.75) is 52.0 Å². The number of hydrazine groups is 1. The number of hydrogen-bond acceptors (Lipinski definition) is 5. The number of benzene rings is 1. The molecule has 0 heterocycles. The number of amides is 1. The second kappa shape index (κ2) is 11.1. The van der Waals surface area contributed by atoms with Crippen LogP contribution in [0.2, 0.25) is 0 Å². The summed E-state index contributed by atoms with van der Waals surface area (Å²) in [5.74, 6) is 2.76. The monoisotopic (exact) mass is 423 g/mol. The average Bonchev–Trinajstić information content (AvgIpc) is 2.73. The van der Waals surface area contributed by atoms with Crippen molar-refractivity contribution in [3.05, 3.63) is 17.7 Å². The second-order valence-electron chi connectivity index (χ2n) is 7.55. The van der Waals surface area contributed by atoms with Crippen LogP contribution in [0.4, 0.5) is 0 Å². The van der Waals surface area contributed by atoms with Gasteiger partial charge < -0.3 is 19.5 Å². The first kappa shape index (κ1) is 23.1. The largest absolute Gasteiger partial charge is 0.493 e. The first-order valence-corrected chi connectivity index (χ1v) is 10.4. The average molecular weight is 424 g/mol. The van der Waals surface area contributed by atoms with E-state index in [9.17, 15) is 4.79 Å². The van der Waals surface area contributed by atoms with Crippen LogP contribution in [0.15, 0.2) is 12.1 Å². The molecule has 162 valence electrons. The summed E-state index contributed by atoms with van der Waals surface area (Å²) >= 11 is 5.33. The third-order valence-corrected chi connectivity index (χ3v) is 5.92. The van der Waals surface area contributed by atoms with Gasteiger partial charge >= 0.3 is 0 Å². The molecule has 0 aliphatic heterocycles. The highest BCUT2D eigenvalue weighted by molar-refractivity contribution is 7.80. The molecule has 1 aliphatic carbocycles. The van der Waals surface area contributed by atoms with Crippen molar-refractivity contribution in [3.63, 3.8) is 0 Å². The summed E-state index contributed by atoms with van der Waals surface area (Å²) in [7, 11) is 4.70. The fraction of sp³-hybridized carbons (Fsp3) is 0.619.